The Morgan fingerprint density at radius 1 is 0.539 bits per heavy atom. The largest absolute Gasteiger partial charge is 0.481 e. The second-order valence-electron chi connectivity index (χ2n) is 24.6. The molecule has 4 aromatic heterocycles. The summed E-state index contributed by atoms with van der Waals surface area (Å²) < 4.78 is 31.6. The molecule has 1 fully saturated rings. The van der Waals surface area contributed by atoms with E-state index in [4.69, 9.17) is 103 Å². The molecular weight excluding hydrogens is 1440 g/mol. The highest BCUT2D eigenvalue weighted by Gasteiger charge is 2.38. The van der Waals surface area contributed by atoms with E-state index in [9.17, 15) is 9.59 Å². The lowest BCUT2D eigenvalue weighted by Crippen LogP contribution is -2.56. The van der Waals surface area contributed by atoms with Gasteiger partial charge in [0.2, 0.25) is 32.9 Å². The number of rotatable bonds is 19. The number of likely N-dealkylation sites (tertiary alicyclic amines) is 1. The Morgan fingerprint density at radius 3 is 1.33 bits per heavy atom. The molecule has 8 aromatic rings. The van der Waals surface area contributed by atoms with Gasteiger partial charge in [0.25, 0.3) is 14.1 Å². The van der Waals surface area contributed by atoms with E-state index in [0.717, 1.165) is 67.8 Å². The fourth-order valence-electron chi connectivity index (χ4n) is 9.86. The maximum Gasteiger partial charge on any atom is 0.251 e. The van der Waals surface area contributed by atoms with Crippen molar-refractivity contribution in [3.8, 4) is 11.8 Å². The summed E-state index contributed by atoms with van der Waals surface area (Å²) >= 11 is 33.3. The number of aryl methyl sites for hydroxylation is 3. The van der Waals surface area contributed by atoms with Crippen molar-refractivity contribution in [2.45, 2.75) is 150 Å². The number of hydrogen-bond donors (Lipinski definition) is 1. The predicted octanol–water partition coefficient (Wildman–Crippen LogP) is 17.2. The van der Waals surface area contributed by atoms with Crippen LogP contribution in [0, 0.1) is 20.8 Å². The molecule has 0 spiro atoms. The molecule has 550 valence electrons. The summed E-state index contributed by atoms with van der Waals surface area (Å²) in [5.41, 5.74) is 12.9. The Bertz CT molecular complexity index is 3720. The van der Waals surface area contributed by atoms with Crippen molar-refractivity contribution in [2.24, 2.45) is 9.98 Å². The summed E-state index contributed by atoms with van der Waals surface area (Å²) in [7, 11) is 5.10. The Morgan fingerprint density at radius 2 is 0.931 bits per heavy atom. The van der Waals surface area contributed by atoms with Crippen LogP contribution in [0.2, 0.25) is 43.5 Å². The number of Topliss-reactive ketones (excluding diaryl/α,β-unsaturated/α-hetero) is 1. The van der Waals surface area contributed by atoms with E-state index in [2.05, 4.69) is 119 Å². The van der Waals surface area contributed by atoms with Crippen molar-refractivity contribution >= 4 is 106 Å². The van der Waals surface area contributed by atoms with Gasteiger partial charge in [-0.2, -0.15) is 9.97 Å². The van der Waals surface area contributed by atoms with Crippen molar-refractivity contribution in [3.05, 3.63) is 221 Å². The zero-order valence-electron chi connectivity index (χ0n) is 60.0. The van der Waals surface area contributed by atoms with Crippen LogP contribution in [0.3, 0.4) is 0 Å². The summed E-state index contributed by atoms with van der Waals surface area (Å²) in [6.45, 7) is 21.0. The topological polar surface area (TPSA) is 241 Å². The quantitative estimate of drug-likeness (QED) is 0.0260. The predicted molar refractivity (Wildman–Crippen MR) is 413 cm³/mol. The number of aliphatic hydroxyl groups excluding tert-OH is 1. The molecule has 1 saturated heterocycles. The number of fused-ring (bicyclic) bond motifs is 2. The van der Waals surface area contributed by atoms with Gasteiger partial charge in [-0.1, -0.05) is 152 Å². The van der Waals surface area contributed by atoms with Gasteiger partial charge in [-0.05, 0) is 150 Å². The van der Waals surface area contributed by atoms with Crippen molar-refractivity contribution in [3.63, 3.8) is 0 Å². The fourth-order valence-corrected chi connectivity index (χ4v) is 11.0. The monoisotopic (exact) mass is 1530 g/mol. The number of piperidine rings is 1. The smallest absolute Gasteiger partial charge is 0.251 e. The Kier molecular flexibility index (Phi) is 42.0. The van der Waals surface area contributed by atoms with E-state index in [1.165, 1.54) is 45.1 Å². The third-order valence-electron chi connectivity index (χ3n) is 14.7. The molecule has 7 heterocycles. The number of halogens is 6. The van der Waals surface area contributed by atoms with E-state index >= 15 is 0 Å². The van der Waals surface area contributed by atoms with Crippen LogP contribution in [-0.4, -0.2) is 152 Å². The Labute approximate surface area is 636 Å². The number of aliphatic hydroxyl groups is 1. The summed E-state index contributed by atoms with van der Waals surface area (Å²) in [4.78, 5) is 66.0. The van der Waals surface area contributed by atoms with Gasteiger partial charge in [0.05, 0.1) is 101 Å². The summed E-state index contributed by atoms with van der Waals surface area (Å²) in [6.07, 6.45) is 4.06. The van der Waals surface area contributed by atoms with Gasteiger partial charge in [-0.25, -0.2) is 29.9 Å². The van der Waals surface area contributed by atoms with Crippen LogP contribution in [0.1, 0.15) is 134 Å². The molecule has 0 radical (unpaired) electrons. The third-order valence-corrected chi connectivity index (χ3v) is 15.8. The summed E-state index contributed by atoms with van der Waals surface area (Å²) in [6, 6.07) is 40.8. The molecule has 102 heavy (non-hydrogen) atoms. The van der Waals surface area contributed by atoms with Gasteiger partial charge >= 0.3 is 0 Å². The maximum absolute atomic E-state index is 12.1. The highest BCUT2D eigenvalue weighted by Crippen LogP contribution is 2.36. The number of aliphatic imine (C=N–C) groups is 2. The van der Waals surface area contributed by atoms with Crippen molar-refractivity contribution in [1.82, 2.24) is 44.8 Å². The van der Waals surface area contributed by atoms with Gasteiger partial charge in [-0.3, -0.25) is 24.5 Å². The van der Waals surface area contributed by atoms with Crippen LogP contribution in [0.5, 0.6) is 11.8 Å². The lowest BCUT2D eigenvalue weighted by molar-refractivity contribution is -0.116. The van der Waals surface area contributed by atoms with E-state index in [0.29, 0.717) is 69.7 Å². The first-order valence-electron chi connectivity index (χ1n) is 32.6. The van der Waals surface area contributed by atoms with Crippen LogP contribution < -0.4 is 9.47 Å². The van der Waals surface area contributed by atoms with Crippen molar-refractivity contribution < 1.29 is 43.1 Å². The molecule has 0 saturated carbocycles. The molecule has 3 aliphatic rings. The molecular formula is C75H96AlCl6N11O9. The van der Waals surface area contributed by atoms with Gasteiger partial charge < -0.3 is 33.5 Å². The van der Waals surface area contributed by atoms with Gasteiger partial charge in [-0.15, -0.1) is 17.4 Å². The normalized spacial score (nSPS) is 13.1. The SMILES string of the molecule is C.CCO.CN1C(C)(C)CCCC1(C)C.COc1cc(Cl)nc(Cl)n1.COc1nc(Cl)nc(Cl)c1C(=O)COCc1ccccc1.Cc1nc(C)c2c(n1)CN=C2COCc1ccccc1.Cc1nc(Cl)nc2c1C(COCc1ccccc1)=NC2.O=C(Cl)COCc1ccccc1.[CH3][Al]([CH3])[CH3]. The second-order valence-corrected chi connectivity index (χ2v) is 30.2. The highest BCUT2D eigenvalue weighted by atomic mass is 35.5. The van der Waals surface area contributed by atoms with E-state index < -0.39 is 5.24 Å². The Balaban J connectivity index is 0.000000318. The minimum atomic E-state index is -0.467. The number of nitrogens with zero attached hydrogens (tertiary/aromatic N) is 11. The molecule has 0 atom stereocenters. The summed E-state index contributed by atoms with van der Waals surface area (Å²) in [5.74, 6) is 7.76. The lowest BCUT2D eigenvalue weighted by Gasteiger charge is -2.50. The standard InChI is InChI=1S/C16H17N3O.C15H14ClN3O.C14H12Cl2N2O3.C10H21N.C9H9ClO2.C5H4Cl2N2O.C2H6O.CH4.3CH3.Al/c1-11-16-14(19-12(2)18-11)8-17-15(16)10-20-9-13-6-4-3-5-7-13;1-10-14-12(19-15(16)18-10)7-17-13(14)9-20-8-11-5-3-2-4-6-11;1-20-13-11(12(15)17-14(16)18-13)10(19)8-21-7-9-5-3-2-4-6-9;1-9(2)7-6-8-10(3,4)11(9)5;10-9(11)7-12-6-8-4-2-1-3-5-8;1-10-4-2-3(6)8-5(7)9-4;1-2-3;;;;;/h3-7H,8-10H2,1-2H3;2-6H,7-9H2,1H3;2-6H,7-8H2,1H3;6-8H2,1-5H3;1-5H,6-7H2;2H,1H3;3H,2H2,1H3;1H4;3*1H3;. The van der Waals surface area contributed by atoms with E-state index in [-0.39, 0.29) is 84.8 Å². The van der Waals surface area contributed by atoms with Crippen molar-refractivity contribution in [1.29, 1.82) is 0 Å². The number of aromatic nitrogens is 8. The maximum atomic E-state index is 12.1. The van der Waals surface area contributed by atoms with Crippen LogP contribution in [-0.2, 0) is 63.3 Å². The number of benzene rings is 4. The van der Waals surface area contributed by atoms with Crippen LogP contribution in [0.4, 0.5) is 0 Å². The molecule has 11 rings (SSSR count). The molecule has 0 amide bonds. The number of ketones is 1. The molecule has 27 heteroatoms. The number of carbonyl (C=O) groups is 2. The first-order chi connectivity index (χ1) is 48.1. The molecule has 4 aromatic carbocycles. The van der Waals surface area contributed by atoms with Crippen LogP contribution in [0.15, 0.2) is 137 Å². The molecule has 0 aliphatic carbocycles. The number of carbonyl (C=O) groups excluding carboxylic acids is 2. The zero-order valence-corrected chi connectivity index (χ0v) is 65.7. The van der Waals surface area contributed by atoms with Gasteiger partial charge in [0.1, 0.15) is 34.9 Å². The number of hydrogen-bond acceptors (Lipinski definition) is 20. The minimum Gasteiger partial charge on any atom is -0.481 e. The number of methoxy groups -OCH3 is 2. The molecule has 1 N–H and O–H groups in total. The molecule has 0 bridgehead atoms. The average Bonchev–Trinajstić information content (AvgIpc) is 1.41. The minimum absolute atomic E-state index is 0. The lowest BCUT2D eigenvalue weighted by atomic mass is 9.80. The third kappa shape index (κ3) is 33.1. The van der Waals surface area contributed by atoms with Crippen molar-refractivity contribution in [2.75, 3.05) is 54.3 Å². The average molecular weight is 1540 g/mol. The van der Waals surface area contributed by atoms with E-state index in [1.807, 2.05) is 130 Å². The molecule has 20 nitrogen and oxygen atoms in total. The summed E-state index contributed by atoms with van der Waals surface area (Å²) in [5, 5.41) is 7.61. The van der Waals surface area contributed by atoms with Crippen LogP contribution >= 0.6 is 69.6 Å². The van der Waals surface area contributed by atoms with Gasteiger partial charge in [0, 0.05) is 34.9 Å². The van der Waals surface area contributed by atoms with Gasteiger partial charge in [0.15, 0.2) is 5.78 Å². The Hall–Kier alpha value is -6.49. The number of ether oxygens (including phenoxy) is 6. The highest BCUT2D eigenvalue weighted by molar-refractivity contribution is 6.63. The second kappa shape index (κ2) is 47.8. The zero-order chi connectivity index (χ0) is 74.5. The van der Waals surface area contributed by atoms with Crippen LogP contribution in [0.25, 0.3) is 0 Å². The fraction of sp³-hybridized carbons (Fsp3) is 0.413. The first kappa shape index (κ1) is 89.7. The molecule has 3 aliphatic heterocycles. The first-order valence-corrected chi connectivity index (χ1v) is 38.3. The molecule has 0 unspecified atom stereocenters. The van der Waals surface area contributed by atoms with E-state index in [1.54, 1.807) is 6.92 Å².